The standard InChI is InChI=1S/C15H15F4N3O3/c1-9(23)22-6-4-11(8-22)24-10-3-2-5-14(16,7-10)12-20-13(25-21-12)15(17,18)19/h2-3,5,11H,4,6-8H2,1H3/t11-,14?/m0/s1. The summed E-state index contributed by atoms with van der Waals surface area (Å²) in [6.07, 6.45) is -0.964. The summed E-state index contributed by atoms with van der Waals surface area (Å²) in [6.45, 7) is 2.38. The number of halogens is 4. The first-order chi connectivity index (χ1) is 11.7. The summed E-state index contributed by atoms with van der Waals surface area (Å²) in [4.78, 5) is 16.0. The number of ether oxygens (including phenoxy) is 1. The van der Waals surface area contributed by atoms with E-state index in [0.717, 1.165) is 6.08 Å². The van der Waals surface area contributed by atoms with Gasteiger partial charge in [0, 0.05) is 19.9 Å². The van der Waals surface area contributed by atoms with E-state index in [1.54, 1.807) is 4.90 Å². The average molecular weight is 361 g/mol. The van der Waals surface area contributed by atoms with Crippen molar-refractivity contribution in [3.05, 3.63) is 35.7 Å². The molecule has 136 valence electrons. The van der Waals surface area contributed by atoms with Crippen LogP contribution in [0.1, 0.15) is 31.5 Å². The number of nitrogens with zero attached hydrogens (tertiary/aromatic N) is 3. The number of aromatic nitrogens is 2. The second kappa shape index (κ2) is 6.16. The van der Waals surface area contributed by atoms with Crippen LogP contribution in [0.4, 0.5) is 17.6 Å². The zero-order valence-corrected chi connectivity index (χ0v) is 13.2. The van der Waals surface area contributed by atoms with Crippen molar-refractivity contribution >= 4 is 5.91 Å². The van der Waals surface area contributed by atoms with Gasteiger partial charge >= 0.3 is 12.1 Å². The van der Waals surface area contributed by atoms with Gasteiger partial charge in [0.2, 0.25) is 11.7 Å². The molecule has 1 unspecified atom stereocenters. The largest absolute Gasteiger partial charge is 0.493 e. The van der Waals surface area contributed by atoms with E-state index in [9.17, 15) is 18.0 Å². The minimum absolute atomic E-state index is 0.0741. The normalized spacial score (nSPS) is 26.7. The summed E-state index contributed by atoms with van der Waals surface area (Å²) in [5.41, 5.74) is -2.35. The van der Waals surface area contributed by atoms with Crippen molar-refractivity contribution in [1.29, 1.82) is 0 Å². The molecular weight excluding hydrogens is 346 g/mol. The van der Waals surface area contributed by atoms with Crippen LogP contribution >= 0.6 is 0 Å². The maximum absolute atomic E-state index is 15.0. The first-order valence-corrected chi connectivity index (χ1v) is 7.58. The SMILES string of the molecule is CC(=O)N1CC[C@H](OC2=CC=CC(F)(c3noc(C(F)(F)F)n3)C2)C1. The van der Waals surface area contributed by atoms with E-state index in [1.165, 1.54) is 19.1 Å². The average Bonchev–Trinajstić information content (AvgIpc) is 3.16. The van der Waals surface area contributed by atoms with E-state index >= 15 is 4.39 Å². The summed E-state index contributed by atoms with van der Waals surface area (Å²) < 4.78 is 62.4. The molecule has 1 saturated heterocycles. The van der Waals surface area contributed by atoms with E-state index in [4.69, 9.17) is 4.74 Å². The molecule has 3 rings (SSSR count). The van der Waals surface area contributed by atoms with Crippen molar-refractivity contribution in [2.75, 3.05) is 13.1 Å². The highest BCUT2D eigenvalue weighted by Crippen LogP contribution is 2.38. The minimum Gasteiger partial charge on any atom is -0.493 e. The Bertz CT molecular complexity index is 728. The Morgan fingerprint density at radius 3 is 2.84 bits per heavy atom. The molecule has 0 spiro atoms. The lowest BCUT2D eigenvalue weighted by Crippen LogP contribution is -2.28. The summed E-state index contributed by atoms with van der Waals surface area (Å²) in [5.74, 6) is -2.13. The molecule has 2 heterocycles. The van der Waals surface area contributed by atoms with Gasteiger partial charge in [0.05, 0.1) is 13.0 Å². The van der Waals surface area contributed by atoms with Gasteiger partial charge in [-0.1, -0.05) is 11.2 Å². The molecule has 25 heavy (non-hydrogen) atoms. The van der Waals surface area contributed by atoms with Gasteiger partial charge in [-0.2, -0.15) is 18.2 Å². The third kappa shape index (κ3) is 3.67. The maximum atomic E-state index is 15.0. The Kier molecular flexibility index (Phi) is 4.29. The van der Waals surface area contributed by atoms with Crippen molar-refractivity contribution in [2.45, 2.75) is 37.7 Å². The third-order valence-electron chi connectivity index (χ3n) is 4.02. The van der Waals surface area contributed by atoms with Crippen molar-refractivity contribution < 1.29 is 31.6 Å². The fourth-order valence-electron chi connectivity index (χ4n) is 2.75. The lowest BCUT2D eigenvalue weighted by Gasteiger charge is -2.25. The highest BCUT2D eigenvalue weighted by molar-refractivity contribution is 5.73. The summed E-state index contributed by atoms with van der Waals surface area (Å²) >= 11 is 0. The summed E-state index contributed by atoms with van der Waals surface area (Å²) in [6, 6.07) is 0. The number of likely N-dealkylation sites (tertiary alicyclic amines) is 1. The van der Waals surface area contributed by atoms with Crippen molar-refractivity contribution in [3.63, 3.8) is 0 Å². The van der Waals surface area contributed by atoms with Crippen LogP contribution in [0.5, 0.6) is 0 Å². The fourth-order valence-corrected chi connectivity index (χ4v) is 2.75. The topological polar surface area (TPSA) is 68.5 Å². The smallest absolute Gasteiger partial charge is 0.471 e. The summed E-state index contributed by atoms with van der Waals surface area (Å²) in [5, 5.41) is 3.11. The number of amides is 1. The molecule has 0 radical (unpaired) electrons. The van der Waals surface area contributed by atoms with Crippen LogP contribution in [0.15, 0.2) is 28.5 Å². The molecular formula is C15H15F4N3O3. The Morgan fingerprint density at radius 1 is 1.48 bits per heavy atom. The van der Waals surface area contributed by atoms with Gasteiger partial charge in [-0.15, -0.1) is 0 Å². The van der Waals surface area contributed by atoms with Crippen molar-refractivity contribution in [2.24, 2.45) is 0 Å². The second-order valence-electron chi connectivity index (χ2n) is 5.95. The van der Waals surface area contributed by atoms with Crippen LogP contribution < -0.4 is 0 Å². The van der Waals surface area contributed by atoms with Crippen LogP contribution in [-0.4, -0.2) is 40.1 Å². The van der Waals surface area contributed by atoms with E-state index in [1.807, 2.05) is 0 Å². The molecule has 0 aromatic carbocycles. The first kappa shape index (κ1) is 17.4. The predicted octanol–water partition coefficient (Wildman–Crippen LogP) is 2.73. The zero-order chi connectivity index (χ0) is 18.2. The predicted molar refractivity (Wildman–Crippen MR) is 75.7 cm³/mol. The maximum Gasteiger partial charge on any atom is 0.471 e. The lowest BCUT2D eigenvalue weighted by molar-refractivity contribution is -0.159. The first-order valence-electron chi connectivity index (χ1n) is 7.58. The van der Waals surface area contributed by atoms with Gasteiger partial charge in [-0.05, 0) is 12.2 Å². The Balaban J connectivity index is 1.68. The van der Waals surface area contributed by atoms with Gasteiger partial charge < -0.3 is 14.2 Å². The highest BCUT2D eigenvalue weighted by Gasteiger charge is 2.44. The number of carbonyl (C=O) groups is 1. The van der Waals surface area contributed by atoms with Crippen LogP contribution in [-0.2, 0) is 21.4 Å². The molecule has 1 aliphatic carbocycles. The zero-order valence-electron chi connectivity index (χ0n) is 13.2. The van der Waals surface area contributed by atoms with Gasteiger partial charge in [0.25, 0.3) is 0 Å². The number of rotatable bonds is 3. The molecule has 2 aliphatic rings. The molecule has 0 saturated carbocycles. The molecule has 10 heteroatoms. The number of carbonyl (C=O) groups excluding carboxylic acids is 1. The quantitative estimate of drug-likeness (QED) is 0.775. The molecule has 0 N–H and O–H groups in total. The third-order valence-corrected chi connectivity index (χ3v) is 4.02. The lowest BCUT2D eigenvalue weighted by atomic mass is 9.95. The van der Waals surface area contributed by atoms with Gasteiger partial charge in [-0.25, -0.2) is 4.39 Å². The highest BCUT2D eigenvalue weighted by atomic mass is 19.4. The monoisotopic (exact) mass is 361 g/mol. The fraction of sp³-hybridized carbons (Fsp3) is 0.533. The van der Waals surface area contributed by atoms with Gasteiger partial charge in [-0.3, -0.25) is 4.79 Å². The molecule has 1 aliphatic heterocycles. The number of allylic oxidation sites excluding steroid dienone is 4. The second-order valence-corrected chi connectivity index (χ2v) is 5.95. The van der Waals surface area contributed by atoms with E-state index < -0.39 is 23.6 Å². The Labute approximate surface area is 140 Å². The van der Waals surface area contributed by atoms with Gasteiger partial charge in [0.1, 0.15) is 11.9 Å². The molecule has 1 aromatic heterocycles. The summed E-state index contributed by atoms with van der Waals surface area (Å²) in [7, 11) is 0. The van der Waals surface area contributed by atoms with Crippen molar-refractivity contribution in [1.82, 2.24) is 15.0 Å². The van der Waals surface area contributed by atoms with E-state index in [-0.39, 0.29) is 24.2 Å². The molecule has 1 aromatic rings. The number of hydrogen-bond acceptors (Lipinski definition) is 5. The van der Waals surface area contributed by atoms with Gasteiger partial charge in [0.15, 0.2) is 5.67 Å². The molecule has 0 bridgehead atoms. The number of hydrogen-bond donors (Lipinski definition) is 0. The molecule has 1 amide bonds. The Morgan fingerprint density at radius 2 is 2.24 bits per heavy atom. The number of alkyl halides is 4. The van der Waals surface area contributed by atoms with Crippen LogP contribution in [0.2, 0.25) is 0 Å². The molecule has 6 nitrogen and oxygen atoms in total. The minimum atomic E-state index is -4.84. The van der Waals surface area contributed by atoms with Crippen LogP contribution in [0, 0.1) is 0 Å². The molecule has 2 atom stereocenters. The van der Waals surface area contributed by atoms with E-state index in [0.29, 0.717) is 19.5 Å². The van der Waals surface area contributed by atoms with Crippen LogP contribution in [0.25, 0.3) is 0 Å². The van der Waals surface area contributed by atoms with Crippen molar-refractivity contribution in [3.8, 4) is 0 Å². The van der Waals surface area contributed by atoms with E-state index in [2.05, 4.69) is 14.7 Å². The molecule has 1 fully saturated rings. The Hall–Kier alpha value is -2.39. The van der Waals surface area contributed by atoms with Crippen LogP contribution in [0.3, 0.4) is 0 Å².